The number of carbonyl (C=O) groups is 1. The van der Waals surface area contributed by atoms with Gasteiger partial charge in [0, 0.05) is 31.1 Å². The number of nitrogens with zero attached hydrogens (tertiary/aromatic N) is 1. The minimum absolute atomic E-state index is 0.0785. The smallest absolute Gasteiger partial charge is 0.257 e. The van der Waals surface area contributed by atoms with Gasteiger partial charge in [0.2, 0.25) is 10.0 Å². The van der Waals surface area contributed by atoms with Gasteiger partial charge in [0.05, 0.1) is 17.6 Å². The van der Waals surface area contributed by atoms with Crippen molar-refractivity contribution in [3.8, 4) is 5.75 Å². The topological polar surface area (TPSA) is 75.7 Å². The van der Waals surface area contributed by atoms with Crippen molar-refractivity contribution in [3.05, 3.63) is 59.2 Å². The molecule has 1 amide bonds. The SMILES string of the molecule is COc1ccc(S(=O)(=O)NCCSCc2ccccc2C)cc1C(=O)N1CCCC1. The summed E-state index contributed by atoms with van der Waals surface area (Å²) in [5.41, 5.74) is 2.78. The lowest BCUT2D eigenvalue weighted by molar-refractivity contribution is 0.0789. The fraction of sp³-hybridized carbons (Fsp3) is 0.409. The maximum atomic E-state index is 12.8. The number of thioether (sulfide) groups is 1. The quantitative estimate of drug-likeness (QED) is 0.595. The molecule has 0 unspecified atom stereocenters. The summed E-state index contributed by atoms with van der Waals surface area (Å²) in [4.78, 5) is 14.6. The second-order valence-electron chi connectivity index (χ2n) is 7.24. The number of ether oxygens (including phenoxy) is 1. The third-order valence-corrected chi connectivity index (χ3v) is 7.63. The van der Waals surface area contributed by atoms with Gasteiger partial charge in [0.25, 0.3) is 5.91 Å². The predicted octanol–water partition coefficient (Wildman–Crippen LogP) is 3.45. The summed E-state index contributed by atoms with van der Waals surface area (Å²) in [6.45, 7) is 3.77. The van der Waals surface area contributed by atoms with Crippen molar-refractivity contribution in [1.82, 2.24) is 9.62 Å². The van der Waals surface area contributed by atoms with Gasteiger partial charge in [-0.25, -0.2) is 13.1 Å². The first-order valence-corrected chi connectivity index (χ1v) is 12.7. The van der Waals surface area contributed by atoms with Gasteiger partial charge in [-0.3, -0.25) is 4.79 Å². The van der Waals surface area contributed by atoms with E-state index >= 15 is 0 Å². The van der Waals surface area contributed by atoms with Gasteiger partial charge in [0.1, 0.15) is 5.75 Å². The lowest BCUT2D eigenvalue weighted by Crippen LogP contribution is -2.29. The highest BCUT2D eigenvalue weighted by molar-refractivity contribution is 7.98. The van der Waals surface area contributed by atoms with Crippen LogP contribution in [0.1, 0.15) is 34.3 Å². The molecular formula is C22H28N2O4S2. The number of carbonyl (C=O) groups excluding carboxylic acids is 1. The van der Waals surface area contributed by atoms with Crippen molar-refractivity contribution in [1.29, 1.82) is 0 Å². The lowest BCUT2D eigenvalue weighted by atomic mass is 10.1. The first-order valence-electron chi connectivity index (χ1n) is 10.0. The Morgan fingerprint density at radius 2 is 1.90 bits per heavy atom. The van der Waals surface area contributed by atoms with Gasteiger partial charge in [-0.1, -0.05) is 24.3 Å². The van der Waals surface area contributed by atoms with Crippen molar-refractivity contribution < 1.29 is 17.9 Å². The largest absolute Gasteiger partial charge is 0.496 e. The van der Waals surface area contributed by atoms with Crippen LogP contribution in [-0.2, 0) is 15.8 Å². The normalized spacial score (nSPS) is 14.1. The molecule has 0 spiro atoms. The predicted molar refractivity (Wildman–Crippen MR) is 121 cm³/mol. The average Bonchev–Trinajstić information content (AvgIpc) is 3.28. The minimum atomic E-state index is -3.71. The van der Waals surface area contributed by atoms with Crippen molar-refractivity contribution in [2.24, 2.45) is 0 Å². The van der Waals surface area contributed by atoms with E-state index in [0.717, 1.165) is 18.6 Å². The van der Waals surface area contributed by atoms with E-state index in [1.807, 2.05) is 12.1 Å². The molecule has 1 heterocycles. The van der Waals surface area contributed by atoms with Crippen LogP contribution >= 0.6 is 11.8 Å². The van der Waals surface area contributed by atoms with Crippen LogP contribution in [-0.4, -0.2) is 51.7 Å². The highest BCUT2D eigenvalue weighted by atomic mass is 32.2. The standard InChI is InChI=1S/C22H28N2O4S2/c1-17-7-3-4-8-18(17)16-29-14-11-23-30(26,27)19-9-10-21(28-2)20(15-19)22(25)24-12-5-6-13-24/h3-4,7-10,15,23H,5-6,11-14,16H2,1-2H3. The van der Waals surface area contributed by atoms with Crippen LogP contribution in [0.2, 0.25) is 0 Å². The summed E-state index contributed by atoms with van der Waals surface area (Å²) in [5, 5.41) is 0. The van der Waals surface area contributed by atoms with Crippen LogP contribution in [0.3, 0.4) is 0 Å². The van der Waals surface area contributed by atoms with E-state index in [4.69, 9.17) is 4.74 Å². The zero-order chi connectivity index (χ0) is 21.6. The average molecular weight is 449 g/mol. The third kappa shape index (κ3) is 5.56. The molecule has 30 heavy (non-hydrogen) atoms. The second-order valence-corrected chi connectivity index (χ2v) is 10.1. The molecule has 1 fully saturated rings. The molecule has 0 aliphatic carbocycles. The van der Waals surface area contributed by atoms with Gasteiger partial charge in [-0.15, -0.1) is 0 Å². The molecule has 2 aromatic rings. The number of sulfonamides is 1. The number of methoxy groups -OCH3 is 1. The molecule has 0 bridgehead atoms. The number of amides is 1. The zero-order valence-corrected chi connectivity index (χ0v) is 19.0. The van der Waals surface area contributed by atoms with Crippen LogP contribution in [0, 0.1) is 6.92 Å². The molecule has 1 aliphatic heterocycles. The summed E-state index contributed by atoms with van der Waals surface area (Å²) >= 11 is 1.68. The van der Waals surface area contributed by atoms with Gasteiger partial charge in [-0.05, 0) is 49.1 Å². The zero-order valence-electron chi connectivity index (χ0n) is 17.4. The molecule has 0 aromatic heterocycles. The Morgan fingerprint density at radius 1 is 1.17 bits per heavy atom. The van der Waals surface area contributed by atoms with Crippen LogP contribution in [0.4, 0.5) is 0 Å². The van der Waals surface area contributed by atoms with Crippen molar-refractivity contribution in [3.63, 3.8) is 0 Å². The van der Waals surface area contributed by atoms with Gasteiger partial charge >= 0.3 is 0 Å². The lowest BCUT2D eigenvalue weighted by Gasteiger charge is -2.18. The molecule has 2 aromatic carbocycles. The molecule has 1 aliphatic rings. The van der Waals surface area contributed by atoms with Crippen LogP contribution in [0.25, 0.3) is 0 Å². The molecule has 6 nitrogen and oxygen atoms in total. The van der Waals surface area contributed by atoms with Crippen LogP contribution in [0.15, 0.2) is 47.4 Å². The molecule has 0 saturated carbocycles. The van der Waals surface area contributed by atoms with E-state index in [1.54, 1.807) is 22.7 Å². The number of aryl methyl sites for hydroxylation is 1. The van der Waals surface area contributed by atoms with Crippen LogP contribution < -0.4 is 9.46 Å². The molecule has 1 saturated heterocycles. The molecule has 3 rings (SSSR count). The summed E-state index contributed by atoms with van der Waals surface area (Å²) < 4.78 is 33.4. The Hall–Kier alpha value is -2.03. The molecule has 0 radical (unpaired) electrons. The monoisotopic (exact) mass is 448 g/mol. The molecular weight excluding hydrogens is 420 g/mol. The van der Waals surface area contributed by atoms with E-state index in [-0.39, 0.29) is 16.4 Å². The number of nitrogens with one attached hydrogen (secondary N) is 1. The van der Waals surface area contributed by atoms with Gasteiger partial charge in [0.15, 0.2) is 0 Å². The first-order chi connectivity index (χ1) is 14.4. The van der Waals surface area contributed by atoms with Crippen molar-refractivity contribution in [2.75, 3.05) is 32.5 Å². The number of rotatable bonds is 9. The van der Waals surface area contributed by atoms with Gasteiger partial charge in [-0.2, -0.15) is 11.8 Å². The van der Waals surface area contributed by atoms with E-state index in [9.17, 15) is 13.2 Å². The maximum absolute atomic E-state index is 12.8. The molecule has 162 valence electrons. The fourth-order valence-electron chi connectivity index (χ4n) is 3.40. The highest BCUT2D eigenvalue weighted by Crippen LogP contribution is 2.25. The van der Waals surface area contributed by atoms with Crippen LogP contribution in [0.5, 0.6) is 5.75 Å². The van der Waals surface area contributed by atoms with Gasteiger partial charge < -0.3 is 9.64 Å². The van der Waals surface area contributed by atoms with Crippen molar-refractivity contribution in [2.45, 2.75) is 30.4 Å². The second kappa shape index (κ2) is 10.3. The Morgan fingerprint density at radius 3 is 2.60 bits per heavy atom. The first kappa shape index (κ1) is 22.7. The molecule has 8 heteroatoms. The number of likely N-dealkylation sites (tertiary alicyclic amines) is 1. The molecule has 1 N–H and O–H groups in total. The Balaban J connectivity index is 1.61. The summed E-state index contributed by atoms with van der Waals surface area (Å²) in [6, 6.07) is 12.6. The van der Waals surface area contributed by atoms with E-state index in [1.165, 1.54) is 30.4 Å². The Kier molecular flexibility index (Phi) is 7.80. The summed E-state index contributed by atoms with van der Waals surface area (Å²) in [5.74, 6) is 1.70. The van der Waals surface area contributed by atoms with Crippen molar-refractivity contribution >= 4 is 27.7 Å². The maximum Gasteiger partial charge on any atom is 0.257 e. The Labute approximate surface area is 183 Å². The Bertz CT molecular complexity index is 986. The van der Waals surface area contributed by atoms with E-state index in [2.05, 4.69) is 23.8 Å². The molecule has 0 atom stereocenters. The minimum Gasteiger partial charge on any atom is -0.496 e. The fourth-order valence-corrected chi connectivity index (χ4v) is 5.52. The third-order valence-electron chi connectivity index (χ3n) is 5.16. The highest BCUT2D eigenvalue weighted by Gasteiger charge is 2.25. The number of hydrogen-bond donors (Lipinski definition) is 1. The summed E-state index contributed by atoms with van der Waals surface area (Å²) in [7, 11) is -2.23. The summed E-state index contributed by atoms with van der Waals surface area (Å²) in [6.07, 6.45) is 1.93. The van der Waals surface area contributed by atoms with E-state index in [0.29, 0.717) is 31.1 Å². The van der Waals surface area contributed by atoms with E-state index < -0.39 is 10.0 Å². The number of hydrogen-bond acceptors (Lipinski definition) is 5. The number of benzene rings is 2.